The lowest BCUT2D eigenvalue weighted by molar-refractivity contribution is 0.122. The third-order valence-electron chi connectivity index (χ3n) is 3.91. The summed E-state index contributed by atoms with van der Waals surface area (Å²) in [5, 5.41) is 8.74. The van der Waals surface area contributed by atoms with Crippen molar-refractivity contribution in [2.45, 2.75) is 0 Å². The van der Waals surface area contributed by atoms with Crippen LogP contribution in [0.1, 0.15) is 4.88 Å². The lowest BCUT2D eigenvalue weighted by atomic mass is 10.1. The van der Waals surface area contributed by atoms with Crippen LogP contribution in [0.2, 0.25) is 0 Å². The van der Waals surface area contributed by atoms with E-state index in [1.807, 2.05) is 18.2 Å². The largest absolute Gasteiger partial charge is 0.383 e. The van der Waals surface area contributed by atoms with Gasteiger partial charge in [-0.2, -0.15) is 5.10 Å². The molecule has 1 fully saturated rings. The fraction of sp³-hybridized carbons (Fsp3) is 0.389. The van der Waals surface area contributed by atoms with Crippen molar-refractivity contribution < 1.29 is 9.47 Å². The molecule has 3 rings (SSSR count). The van der Waals surface area contributed by atoms with Gasteiger partial charge >= 0.3 is 0 Å². The van der Waals surface area contributed by atoms with Crippen LogP contribution < -0.4 is 15.6 Å². The van der Waals surface area contributed by atoms with Gasteiger partial charge in [-0.05, 0) is 12.2 Å². The van der Waals surface area contributed by atoms with Crippen molar-refractivity contribution in [2.75, 3.05) is 51.5 Å². The molecule has 0 unspecified atom stereocenters. The Kier molecular flexibility index (Phi) is 7.52. The molecule has 0 atom stereocenters. The van der Waals surface area contributed by atoms with Crippen molar-refractivity contribution in [3.05, 3.63) is 35.2 Å². The first-order valence-corrected chi connectivity index (χ1v) is 9.95. The highest BCUT2D eigenvalue weighted by molar-refractivity contribution is 7.80. The topological polar surface area (TPSA) is 71.0 Å². The molecule has 27 heavy (non-hydrogen) atoms. The maximum atomic E-state index is 5.44. The number of nitrogens with one attached hydrogen (secondary N) is 2. The molecule has 0 spiro atoms. The summed E-state index contributed by atoms with van der Waals surface area (Å²) in [4.78, 5) is 8.10. The van der Waals surface area contributed by atoms with Crippen molar-refractivity contribution in [3.8, 4) is 11.3 Å². The number of hydrogen-bond donors (Lipinski definition) is 2. The molecule has 0 aliphatic carbocycles. The number of ether oxygens (including phenoxy) is 2. The van der Waals surface area contributed by atoms with Gasteiger partial charge in [-0.3, -0.25) is 5.43 Å². The van der Waals surface area contributed by atoms with Gasteiger partial charge in [0.2, 0.25) is 0 Å². The van der Waals surface area contributed by atoms with Crippen LogP contribution in [0.3, 0.4) is 0 Å². The number of thiazole rings is 1. The van der Waals surface area contributed by atoms with Crippen LogP contribution in [-0.2, 0) is 9.47 Å². The molecule has 144 valence electrons. The Balaban J connectivity index is 1.74. The molecule has 2 aromatic rings. The molecule has 2 heterocycles. The molecule has 0 radical (unpaired) electrons. The van der Waals surface area contributed by atoms with E-state index in [4.69, 9.17) is 26.7 Å². The van der Waals surface area contributed by atoms with E-state index in [2.05, 4.69) is 32.9 Å². The zero-order chi connectivity index (χ0) is 18.9. The zero-order valence-corrected chi connectivity index (χ0v) is 16.8. The van der Waals surface area contributed by atoms with Gasteiger partial charge in [-0.15, -0.1) is 0 Å². The maximum absolute atomic E-state index is 5.44. The second kappa shape index (κ2) is 10.3. The first-order valence-electron chi connectivity index (χ1n) is 8.72. The lowest BCUT2D eigenvalue weighted by Crippen LogP contribution is -2.36. The first-order chi connectivity index (χ1) is 13.3. The van der Waals surface area contributed by atoms with Crippen molar-refractivity contribution in [1.29, 1.82) is 0 Å². The van der Waals surface area contributed by atoms with Crippen LogP contribution in [0.4, 0.5) is 5.13 Å². The van der Waals surface area contributed by atoms with Gasteiger partial charge in [0.1, 0.15) is 0 Å². The molecular weight excluding hydrogens is 382 g/mol. The molecule has 1 aliphatic rings. The van der Waals surface area contributed by atoms with E-state index in [0.29, 0.717) is 18.3 Å². The fourth-order valence-electron chi connectivity index (χ4n) is 2.56. The average molecular weight is 406 g/mol. The summed E-state index contributed by atoms with van der Waals surface area (Å²) in [5.41, 5.74) is 4.82. The minimum Gasteiger partial charge on any atom is -0.383 e. The number of hydrogen-bond acceptors (Lipinski definition) is 7. The minimum absolute atomic E-state index is 0.461. The van der Waals surface area contributed by atoms with Gasteiger partial charge in [0.15, 0.2) is 10.2 Å². The summed E-state index contributed by atoms with van der Waals surface area (Å²) >= 11 is 6.81. The summed E-state index contributed by atoms with van der Waals surface area (Å²) in [5.74, 6) is 0. The quantitative estimate of drug-likeness (QED) is 0.316. The van der Waals surface area contributed by atoms with E-state index < -0.39 is 0 Å². The number of thiocarbonyl (C=S) groups is 1. The van der Waals surface area contributed by atoms with Gasteiger partial charge in [0.25, 0.3) is 0 Å². The van der Waals surface area contributed by atoms with Gasteiger partial charge in [-0.25, -0.2) is 4.98 Å². The Morgan fingerprint density at radius 2 is 2.15 bits per heavy atom. The van der Waals surface area contributed by atoms with Crippen LogP contribution in [0, 0.1) is 0 Å². The van der Waals surface area contributed by atoms with E-state index in [0.717, 1.165) is 47.6 Å². The summed E-state index contributed by atoms with van der Waals surface area (Å²) in [6.07, 6.45) is 1.77. The third-order valence-corrected chi connectivity index (χ3v) is 5.20. The van der Waals surface area contributed by atoms with E-state index >= 15 is 0 Å². The van der Waals surface area contributed by atoms with Crippen LogP contribution in [0.15, 0.2) is 35.4 Å². The fourth-order valence-corrected chi connectivity index (χ4v) is 3.72. The Bertz CT molecular complexity index is 760. The number of methoxy groups -OCH3 is 1. The standard InChI is InChI=1S/C18H23N5O2S2/c1-24-10-7-19-17(26)22-20-13-15-16(14-5-3-2-4-6-14)21-18(27-15)23-8-11-25-12-9-23/h2-6,13H,7-12H2,1H3,(H2,19,22,26). The second-order valence-electron chi connectivity index (χ2n) is 5.79. The van der Waals surface area contributed by atoms with Crippen LogP contribution in [-0.4, -0.2) is 62.9 Å². The Hall–Kier alpha value is -2.07. The monoisotopic (exact) mass is 405 g/mol. The molecule has 0 amide bonds. The molecule has 1 aromatic carbocycles. The zero-order valence-electron chi connectivity index (χ0n) is 15.2. The molecular formula is C18H23N5O2S2. The molecule has 7 nitrogen and oxygen atoms in total. The first kappa shape index (κ1) is 19.7. The highest BCUT2D eigenvalue weighted by Crippen LogP contribution is 2.32. The molecule has 2 N–H and O–H groups in total. The average Bonchev–Trinajstić information content (AvgIpc) is 3.14. The summed E-state index contributed by atoms with van der Waals surface area (Å²) in [6.45, 7) is 4.38. The number of nitrogens with zero attached hydrogens (tertiary/aromatic N) is 3. The summed E-state index contributed by atoms with van der Waals surface area (Å²) in [6, 6.07) is 10.1. The van der Waals surface area contributed by atoms with Crippen LogP contribution >= 0.6 is 23.6 Å². The van der Waals surface area contributed by atoms with Gasteiger partial charge in [-0.1, -0.05) is 41.7 Å². The molecule has 1 aliphatic heterocycles. The summed E-state index contributed by atoms with van der Waals surface area (Å²) < 4.78 is 10.4. The number of benzene rings is 1. The maximum Gasteiger partial charge on any atom is 0.187 e. The minimum atomic E-state index is 0.461. The highest BCUT2D eigenvalue weighted by atomic mass is 32.1. The molecule has 1 aromatic heterocycles. The van der Waals surface area contributed by atoms with Crippen molar-refractivity contribution >= 4 is 40.0 Å². The Labute approximate surface area is 168 Å². The van der Waals surface area contributed by atoms with Gasteiger partial charge in [0, 0.05) is 32.3 Å². The van der Waals surface area contributed by atoms with Gasteiger partial charge < -0.3 is 19.7 Å². The second-order valence-corrected chi connectivity index (χ2v) is 7.21. The molecule has 9 heteroatoms. The smallest absolute Gasteiger partial charge is 0.187 e. The SMILES string of the molecule is COCCNC(=S)NN=Cc1sc(N2CCOCC2)nc1-c1ccccc1. The number of rotatable bonds is 7. The third kappa shape index (κ3) is 5.70. The molecule has 0 bridgehead atoms. The van der Waals surface area contributed by atoms with Crippen molar-refractivity contribution in [3.63, 3.8) is 0 Å². The summed E-state index contributed by atoms with van der Waals surface area (Å²) in [7, 11) is 1.65. The van der Waals surface area contributed by atoms with Crippen molar-refractivity contribution in [2.24, 2.45) is 5.10 Å². The van der Waals surface area contributed by atoms with E-state index in [1.165, 1.54) is 0 Å². The van der Waals surface area contributed by atoms with Gasteiger partial charge in [0.05, 0.1) is 36.6 Å². The Morgan fingerprint density at radius 1 is 1.37 bits per heavy atom. The van der Waals surface area contributed by atoms with Crippen LogP contribution in [0.25, 0.3) is 11.3 Å². The van der Waals surface area contributed by atoms with E-state index in [1.54, 1.807) is 24.7 Å². The number of anilines is 1. The lowest BCUT2D eigenvalue weighted by Gasteiger charge is -2.26. The number of hydrazone groups is 1. The van der Waals surface area contributed by atoms with E-state index in [-0.39, 0.29) is 0 Å². The predicted molar refractivity (Wildman–Crippen MR) is 114 cm³/mol. The molecule has 1 saturated heterocycles. The van der Waals surface area contributed by atoms with Crippen LogP contribution in [0.5, 0.6) is 0 Å². The normalized spacial score (nSPS) is 14.5. The van der Waals surface area contributed by atoms with Crippen molar-refractivity contribution in [1.82, 2.24) is 15.7 Å². The molecule has 0 saturated carbocycles. The predicted octanol–water partition coefficient (Wildman–Crippen LogP) is 2.09. The number of morpholine rings is 1. The number of aromatic nitrogens is 1. The highest BCUT2D eigenvalue weighted by Gasteiger charge is 2.18. The Morgan fingerprint density at radius 3 is 2.89 bits per heavy atom. The van der Waals surface area contributed by atoms with E-state index in [9.17, 15) is 0 Å².